The van der Waals surface area contributed by atoms with Crippen LogP contribution in [0.4, 0.5) is 0 Å². The maximum absolute atomic E-state index is 6.19. The highest BCUT2D eigenvalue weighted by atomic mass is 15.5. The van der Waals surface area contributed by atoms with Crippen molar-refractivity contribution in [1.29, 1.82) is 0 Å². The van der Waals surface area contributed by atoms with Crippen LogP contribution in [0.15, 0.2) is 54.6 Å². The van der Waals surface area contributed by atoms with E-state index in [2.05, 4.69) is 10.3 Å². The van der Waals surface area contributed by atoms with Crippen LogP contribution in [0.2, 0.25) is 0 Å². The fraction of sp³-hybridized carbons (Fsp3) is 0.0769. The third kappa shape index (κ3) is 1.68. The minimum Gasteiger partial charge on any atom is -0.306 e. The first kappa shape index (κ1) is 9.99. The van der Waals surface area contributed by atoms with Crippen molar-refractivity contribution in [3.63, 3.8) is 0 Å². The maximum Gasteiger partial charge on any atom is 0.127 e. The molecule has 84 valence electrons. The molecule has 0 aliphatic carbocycles. The van der Waals surface area contributed by atoms with Crippen LogP contribution in [0.25, 0.3) is 11.0 Å². The number of nitrogens with zero attached hydrogens (tertiary/aromatic N) is 3. The van der Waals surface area contributed by atoms with Crippen molar-refractivity contribution < 1.29 is 0 Å². The van der Waals surface area contributed by atoms with Gasteiger partial charge in [-0.15, -0.1) is 5.10 Å². The van der Waals surface area contributed by atoms with Crippen molar-refractivity contribution in [2.24, 2.45) is 5.73 Å². The maximum atomic E-state index is 6.19. The molecule has 0 amide bonds. The number of rotatable bonds is 2. The standard InChI is InChI=1S/C13H12N4/c14-13(10-6-2-1-3-7-10)17-12-9-5-4-8-11(12)15-16-17/h1-9,13H,14H2. The Morgan fingerprint density at radius 3 is 2.47 bits per heavy atom. The summed E-state index contributed by atoms with van der Waals surface area (Å²) < 4.78 is 1.74. The second-order valence-electron chi connectivity index (χ2n) is 3.88. The summed E-state index contributed by atoms with van der Waals surface area (Å²) in [7, 11) is 0. The Bertz CT molecular complexity index is 630. The Labute approximate surface area is 98.7 Å². The molecule has 0 saturated carbocycles. The highest BCUT2D eigenvalue weighted by Crippen LogP contribution is 2.17. The monoisotopic (exact) mass is 224 g/mol. The smallest absolute Gasteiger partial charge is 0.127 e. The lowest BCUT2D eigenvalue weighted by Crippen LogP contribution is -2.21. The van der Waals surface area contributed by atoms with E-state index in [9.17, 15) is 0 Å². The van der Waals surface area contributed by atoms with Crippen molar-refractivity contribution in [2.75, 3.05) is 0 Å². The predicted octanol–water partition coefficient (Wildman–Crippen LogP) is 1.94. The average molecular weight is 224 g/mol. The Morgan fingerprint density at radius 2 is 1.65 bits per heavy atom. The van der Waals surface area contributed by atoms with Gasteiger partial charge in [0.15, 0.2) is 0 Å². The van der Waals surface area contributed by atoms with Gasteiger partial charge in [-0.2, -0.15) is 0 Å². The van der Waals surface area contributed by atoms with E-state index >= 15 is 0 Å². The van der Waals surface area contributed by atoms with Crippen LogP contribution in [0.3, 0.4) is 0 Å². The number of nitrogens with two attached hydrogens (primary N) is 1. The molecule has 1 unspecified atom stereocenters. The third-order valence-electron chi connectivity index (χ3n) is 2.78. The van der Waals surface area contributed by atoms with E-state index in [0.29, 0.717) is 0 Å². The van der Waals surface area contributed by atoms with E-state index < -0.39 is 0 Å². The lowest BCUT2D eigenvalue weighted by atomic mass is 10.2. The van der Waals surface area contributed by atoms with Crippen molar-refractivity contribution in [3.05, 3.63) is 60.2 Å². The first-order valence-electron chi connectivity index (χ1n) is 5.47. The molecule has 3 aromatic rings. The molecule has 1 atom stereocenters. The number of aromatic nitrogens is 3. The molecule has 17 heavy (non-hydrogen) atoms. The molecule has 0 radical (unpaired) electrons. The van der Waals surface area contributed by atoms with Crippen LogP contribution in [0, 0.1) is 0 Å². The van der Waals surface area contributed by atoms with Crippen LogP contribution in [0.5, 0.6) is 0 Å². The van der Waals surface area contributed by atoms with Crippen LogP contribution < -0.4 is 5.73 Å². The molecule has 2 N–H and O–H groups in total. The van der Waals surface area contributed by atoms with Crippen LogP contribution >= 0.6 is 0 Å². The predicted molar refractivity (Wildman–Crippen MR) is 66.3 cm³/mol. The normalized spacial score (nSPS) is 12.8. The Hall–Kier alpha value is -2.20. The molecule has 0 bridgehead atoms. The van der Waals surface area contributed by atoms with Gasteiger partial charge in [0, 0.05) is 0 Å². The zero-order valence-electron chi connectivity index (χ0n) is 9.19. The van der Waals surface area contributed by atoms with Crippen molar-refractivity contribution in [2.45, 2.75) is 6.17 Å². The summed E-state index contributed by atoms with van der Waals surface area (Å²) in [6, 6.07) is 17.7. The fourth-order valence-corrected chi connectivity index (χ4v) is 1.88. The molecule has 4 nitrogen and oxygen atoms in total. The summed E-state index contributed by atoms with van der Waals surface area (Å²) in [5.74, 6) is 0. The van der Waals surface area contributed by atoms with Crippen molar-refractivity contribution in [1.82, 2.24) is 15.0 Å². The quantitative estimate of drug-likeness (QED) is 0.723. The number of benzene rings is 2. The number of para-hydroxylation sites is 1. The van der Waals surface area contributed by atoms with E-state index in [4.69, 9.17) is 5.73 Å². The van der Waals surface area contributed by atoms with E-state index in [0.717, 1.165) is 16.6 Å². The largest absolute Gasteiger partial charge is 0.306 e. The summed E-state index contributed by atoms with van der Waals surface area (Å²) >= 11 is 0. The lowest BCUT2D eigenvalue weighted by molar-refractivity contribution is 0.539. The second kappa shape index (κ2) is 3.99. The average Bonchev–Trinajstić information content (AvgIpc) is 2.83. The second-order valence-corrected chi connectivity index (χ2v) is 3.88. The molecule has 4 heteroatoms. The van der Waals surface area contributed by atoms with E-state index in [1.807, 2.05) is 54.6 Å². The van der Waals surface area contributed by atoms with E-state index in [-0.39, 0.29) is 6.17 Å². The van der Waals surface area contributed by atoms with Crippen LogP contribution in [-0.2, 0) is 0 Å². The molecule has 0 spiro atoms. The third-order valence-corrected chi connectivity index (χ3v) is 2.78. The van der Waals surface area contributed by atoms with E-state index in [1.165, 1.54) is 0 Å². The minimum absolute atomic E-state index is 0.302. The molecule has 1 aromatic heterocycles. The Morgan fingerprint density at radius 1 is 0.941 bits per heavy atom. The summed E-state index contributed by atoms with van der Waals surface area (Å²) in [5.41, 5.74) is 9.01. The van der Waals surface area contributed by atoms with Gasteiger partial charge in [0.25, 0.3) is 0 Å². The van der Waals surface area contributed by atoms with Gasteiger partial charge in [-0.1, -0.05) is 47.7 Å². The van der Waals surface area contributed by atoms with Crippen LogP contribution in [-0.4, -0.2) is 15.0 Å². The fourth-order valence-electron chi connectivity index (χ4n) is 1.88. The molecular weight excluding hydrogens is 212 g/mol. The van der Waals surface area contributed by atoms with Gasteiger partial charge in [-0.3, -0.25) is 0 Å². The van der Waals surface area contributed by atoms with Crippen molar-refractivity contribution >= 4 is 11.0 Å². The van der Waals surface area contributed by atoms with Gasteiger partial charge >= 0.3 is 0 Å². The minimum atomic E-state index is -0.302. The van der Waals surface area contributed by atoms with Gasteiger partial charge in [0.05, 0.1) is 5.52 Å². The SMILES string of the molecule is NC(c1ccccc1)n1nnc2ccccc21. The van der Waals surface area contributed by atoms with Gasteiger partial charge in [0.1, 0.15) is 11.7 Å². The van der Waals surface area contributed by atoms with Gasteiger partial charge < -0.3 is 5.73 Å². The molecule has 0 saturated heterocycles. The molecule has 0 aliphatic rings. The van der Waals surface area contributed by atoms with Gasteiger partial charge in [-0.05, 0) is 17.7 Å². The summed E-state index contributed by atoms with van der Waals surface area (Å²) in [6.45, 7) is 0. The summed E-state index contributed by atoms with van der Waals surface area (Å²) in [4.78, 5) is 0. The topological polar surface area (TPSA) is 56.7 Å². The highest BCUT2D eigenvalue weighted by Gasteiger charge is 2.12. The summed E-state index contributed by atoms with van der Waals surface area (Å²) in [5, 5.41) is 8.21. The Balaban J connectivity index is 2.10. The molecule has 1 heterocycles. The number of hydrogen-bond donors (Lipinski definition) is 1. The van der Waals surface area contributed by atoms with Gasteiger partial charge in [-0.25, -0.2) is 4.68 Å². The zero-order valence-corrected chi connectivity index (χ0v) is 9.19. The molecule has 3 rings (SSSR count). The van der Waals surface area contributed by atoms with Gasteiger partial charge in [0.2, 0.25) is 0 Å². The first-order chi connectivity index (χ1) is 8.36. The molecular formula is C13H12N4. The first-order valence-corrected chi connectivity index (χ1v) is 5.47. The van der Waals surface area contributed by atoms with Crippen LogP contribution in [0.1, 0.15) is 11.7 Å². The highest BCUT2D eigenvalue weighted by molar-refractivity contribution is 5.74. The summed E-state index contributed by atoms with van der Waals surface area (Å²) in [6.07, 6.45) is -0.302. The molecule has 0 aliphatic heterocycles. The molecule has 2 aromatic carbocycles. The number of fused-ring (bicyclic) bond motifs is 1. The Kier molecular flexibility index (Phi) is 2.34. The number of hydrogen-bond acceptors (Lipinski definition) is 3. The molecule has 0 fully saturated rings. The van der Waals surface area contributed by atoms with E-state index in [1.54, 1.807) is 4.68 Å². The van der Waals surface area contributed by atoms with Crippen molar-refractivity contribution in [3.8, 4) is 0 Å². The lowest BCUT2D eigenvalue weighted by Gasteiger charge is -2.12. The zero-order chi connectivity index (χ0) is 11.7.